The molecule has 1 N–H and O–H groups in total. The van der Waals surface area contributed by atoms with Gasteiger partial charge < -0.3 is 5.11 Å². The fourth-order valence-corrected chi connectivity index (χ4v) is 3.68. The monoisotopic (exact) mass is 297 g/mol. The smallest absolute Gasteiger partial charge is 0.303 e. The highest BCUT2D eigenvalue weighted by Crippen LogP contribution is 2.35. The molecule has 1 aromatic carbocycles. The van der Waals surface area contributed by atoms with Gasteiger partial charge in [0.2, 0.25) is 0 Å². The van der Waals surface area contributed by atoms with Crippen LogP contribution in [-0.4, -0.2) is 23.3 Å². The standard InChI is InChI=1S/C19H23NO2/c21-19(22)12-16-8-4-7-15-9-10-17(20-13-18(15)16)11-14-5-2-1-3-6-14/h1-3,5-6,13,16-17H,4,7-12H2,(H,21,22). The zero-order valence-corrected chi connectivity index (χ0v) is 12.9. The number of hydrogen-bond acceptors (Lipinski definition) is 2. The van der Waals surface area contributed by atoms with E-state index in [9.17, 15) is 4.79 Å². The van der Waals surface area contributed by atoms with Crippen LogP contribution in [0.15, 0.2) is 46.5 Å². The quantitative estimate of drug-likeness (QED) is 0.912. The molecule has 0 aromatic heterocycles. The van der Waals surface area contributed by atoms with Crippen molar-refractivity contribution in [3.05, 3.63) is 47.0 Å². The van der Waals surface area contributed by atoms with Gasteiger partial charge >= 0.3 is 5.97 Å². The highest BCUT2D eigenvalue weighted by molar-refractivity contribution is 5.83. The molecule has 116 valence electrons. The number of aliphatic imine (C=N–C) groups is 1. The Balaban J connectivity index is 1.72. The Labute approximate surface area is 131 Å². The minimum absolute atomic E-state index is 0.167. The van der Waals surface area contributed by atoms with Gasteiger partial charge in [0.05, 0.1) is 12.5 Å². The summed E-state index contributed by atoms with van der Waals surface area (Å²) < 4.78 is 0. The number of nitrogens with zero attached hydrogens (tertiary/aromatic N) is 1. The van der Waals surface area contributed by atoms with Crippen LogP contribution in [0.2, 0.25) is 0 Å². The van der Waals surface area contributed by atoms with Crippen molar-refractivity contribution in [2.45, 2.75) is 51.0 Å². The number of aliphatic carboxylic acids is 1. The van der Waals surface area contributed by atoms with E-state index >= 15 is 0 Å². The molecular weight excluding hydrogens is 274 g/mol. The third-order valence-corrected chi connectivity index (χ3v) is 4.82. The van der Waals surface area contributed by atoms with Crippen LogP contribution in [0.25, 0.3) is 0 Å². The molecule has 3 rings (SSSR count). The molecule has 3 heteroatoms. The van der Waals surface area contributed by atoms with Crippen LogP contribution < -0.4 is 0 Å². The van der Waals surface area contributed by atoms with E-state index in [-0.39, 0.29) is 12.3 Å². The zero-order chi connectivity index (χ0) is 15.4. The number of benzene rings is 1. The second-order valence-electron chi connectivity index (χ2n) is 6.41. The first-order chi connectivity index (χ1) is 10.7. The third kappa shape index (κ3) is 3.65. The summed E-state index contributed by atoms with van der Waals surface area (Å²) >= 11 is 0. The lowest BCUT2D eigenvalue weighted by Gasteiger charge is -2.24. The largest absolute Gasteiger partial charge is 0.481 e. The van der Waals surface area contributed by atoms with Crippen LogP contribution in [0.3, 0.4) is 0 Å². The molecular formula is C19H23NO2. The Morgan fingerprint density at radius 3 is 2.77 bits per heavy atom. The van der Waals surface area contributed by atoms with E-state index in [1.54, 1.807) is 0 Å². The molecule has 0 amide bonds. The molecule has 1 aliphatic carbocycles. The summed E-state index contributed by atoms with van der Waals surface area (Å²) in [5, 5.41) is 9.11. The van der Waals surface area contributed by atoms with E-state index in [1.807, 2.05) is 12.3 Å². The summed E-state index contributed by atoms with van der Waals surface area (Å²) in [5.41, 5.74) is 4.01. The van der Waals surface area contributed by atoms with Gasteiger partial charge in [0.15, 0.2) is 0 Å². The highest BCUT2D eigenvalue weighted by Gasteiger charge is 2.26. The molecule has 0 saturated heterocycles. The first-order valence-electron chi connectivity index (χ1n) is 8.23. The minimum atomic E-state index is -0.697. The third-order valence-electron chi connectivity index (χ3n) is 4.82. The summed E-state index contributed by atoms with van der Waals surface area (Å²) in [6, 6.07) is 10.8. The second-order valence-corrected chi connectivity index (χ2v) is 6.41. The molecule has 2 atom stereocenters. The molecule has 0 saturated carbocycles. The number of carbonyl (C=O) groups is 1. The van der Waals surface area contributed by atoms with Crippen molar-refractivity contribution in [3.8, 4) is 0 Å². The van der Waals surface area contributed by atoms with Crippen LogP contribution in [0.4, 0.5) is 0 Å². The molecule has 2 aliphatic rings. The van der Waals surface area contributed by atoms with Gasteiger partial charge in [0, 0.05) is 6.21 Å². The van der Waals surface area contributed by atoms with Crippen LogP contribution >= 0.6 is 0 Å². The van der Waals surface area contributed by atoms with Gasteiger partial charge in [-0.25, -0.2) is 0 Å². The normalized spacial score (nSPS) is 24.7. The predicted molar refractivity (Wildman–Crippen MR) is 88.3 cm³/mol. The number of carboxylic acids is 1. The zero-order valence-electron chi connectivity index (χ0n) is 12.9. The Bertz CT molecular complexity index is 589. The number of allylic oxidation sites excluding steroid dienone is 2. The average molecular weight is 297 g/mol. The highest BCUT2D eigenvalue weighted by atomic mass is 16.4. The summed E-state index contributed by atoms with van der Waals surface area (Å²) in [7, 11) is 0. The van der Waals surface area contributed by atoms with E-state index in [0.717, 1.165) is 38.5 Å². The van der Waals surface area contributed by atoms with Crippen LogP contribution in [0, 0.1) is 5.92 Å². The Morgan fingerprint density at radius 1 is 1.18 bits per heavy atom. The van der Waals surface area contributed by atoms with Gasteiger partial charge in [-0.1, -0.05) is 35.9 Å². The maximum absolute atomic E-state index is 11.1. The second kappa shape index (κ2) is 6.91. The summed E-state index contributed by atoms with van der Waals surface area (Å²) in [6.45, 7) is 0. The molecule has 22 heavy (non-hydrogen) atoms. The Kier molecular flexibility index (Phi) is 4.71. The molecule has 1 heterocycles. The SMILES string of the molecule is O=C(O)CC1CCCC2=C1C=NC(Cc1ccccc1)CC2. The summed E-state index contributed by atoms with van der Waals surface area (Å²) in [5.74, 6) is -0.530. The summed E-state index contributed by atoms with van der Waals surface area (Å²) in [6.07, 6.45) is 8.59. The predicted octanol–water partition coefficient (Wildman–Crippen LogP) is 4.03. The van der Waals surface area contributed by atoms with Crippen molar-refractivity contribution < 1.29 is 9.90 Å². The fraction of sp³-hybridized carbons (Fsp3) is 0.474. The molecule has 3 nitrogen and oxygen atoms in total. The van der Waals surface area contributed by atoms with Crippen LogP contribution in [-0.2, 0) is 11.2 Å². The Hall–Kier alpha value is -1.90. The maximum atomic E-state index is 11.1. The lowest BCUT2D eigenvalue weighted by atomic mass is 9.80. The van der Waals surface area contributed by atoms with Gasteiger partial charge in [0.1, 0.15) is 0 Å². The maximum Gasteiger partial charge on any atom is 0.303 e. The molecule has 0 bridgehead atoms. The first kappa shape index (κ1) is 15.0. The molecule has 0 fully saturated rings. The molecule has 1 aliphatic heterocycles. The van der Waals surface area contributed by atoms with Gasteiger partial charge in [-0.15, -0.1) is 0 Å². The minimum Gasteiger partial charge on any atom is -0.481 e. The van der Waals surface area contributed by atoms with Crippen molar-refractivity contribution in [3.63, 3.8) is 0 Å². The first-order valence-corrected chi connectivity index (χ1v) is 8.23. The average Bonchev–Trinajstić information content (AvgIpc) is 2.71. The van der Waals surface area contributed by atoms with Crippen LogP contribution in [0.1, 0.15) is 44.1 Å². The summed E-state index contributed by atoms with van der Waals surface area (Å²) in [4.78, 5) is 15.9. The molecule has 2 unspecified atom stereocenters. The molecule has 0 spiro atoms. The van der Waals surface area contributed by atoms with E-state index in [0.29, 0.717) is 6.04 Å². The van der Waals surface area contributed by atoms with Gasteiger partial charge in [-0.05, 0) is 55.6 Å². The van der Waals surface area contributed by atoms with Crippen molar-refractivity contribution in [2.24, 2.45) is 10.9 Å². The number of hydrogen-bond donors (Lipinski definition) is 1. The van der Waals surface area contributed by atoms with E-state index in [1.165, 1.54) is 16.7 Å². The van der Waals surface area contributed by atoms with Crippen molar-refractivity contribution >= 4 is 12.2 Å². The lowest BCUT2D eigenvalue weighted by molar-refractivity contribution is -0.137. The Morgan fingerprint density at radius 2 is 2.00 bits per heavy atom. The van der Waals surface area contributed by atoms with Gasteiger partial charge in [-0.3, -0.25) is 9.79 Å². The molecule has 1 aromatic rings. The van der Waals surface area contributed by atoms with Crippen molar-refractivity contribution in [1.29, 1.82) is 0 Å². The number of carboxylic acid groups (broad SMARTS) is 1. The van der Waals surface area contributed by atoms with Crippen LogP contribution in [0.5, 0.6) is 0 Å². The lowest BCUT2D eigenvalue weighted by Crippen LogP contribution is -2.16. The number of rotatable bonds is 4. The van der Waals surface area contributed by atoms with Gasteiger partial charge in [-0.2, -0.15) is 0 Å². The fourth-order valence-electron chi connectivity index (χ4n) is 3.68. The van der Waals surface area contributed by atoms with E-state index in [4.69, 9.17) is 10.1 Å². The van der Waals surface area contributed by atoms with E-state index < -0.39 is 5.97 Å². The van der Waals surface area contributed by atoms with Crippen molar-refractivity contribution in [2.75, 3.05) is 0 Å². The van der Waals surface area contributed by atoms with Gasteiger partial charge in [0.25, 0.3) is 0 Å². The molecule has 0 radical (unpaired) electrons. The van der Waals surface area contributed by atoms with Crippen molar-refractivity contribution in [1.82, 2.24) is 0 Å². The topological polar surface area (TPSA) is 49.7 Å². The van der Waals surface area contributed by atoms with E-state index in [2.05, 4.69) is 24.3 Å².